The maximum Gasteiger partial charge on any atom is 0.124 e. The van der Waals surface area contributed by atoms with Gasteiger partial charge in [0.1, 0.15) is 6.29 Å². The lowest BCUT2D eigenvalue weighted by Gasteiger charge is -2.29. The van der Waals surface area contributed by atoms with Gasteiger partial charge in [0.15, 0.2) is 0 Å². The van der Waals surface area contributed by atoms with E-state index in [-0.39, 0.29) is 10.8 Å². The van der Waals surface area contributed by atoms with Crippen molar-refractivity contribution < 1.29 is 4.79 Å². The first-order valence-electron chi connectivity index (χ1n) is 6.24. The van der Waals surface area contributed by atoms with E-state index in [0.717, 1.165) is 6.29 Å². The van der Waals surface area contributed by atoms with Crippen LogP contribution in [0.1, 0.15) is 58.2 Å². The molecule has 0 saturated heterocycles. The van der Waals surface area contributed by atoms with Gasteiger partial charge in [0.25, 0.3) is 0 Å². The van der Waals surface area contributed by atoms with Gasteiger partial charge in [-0.2, -0.15) is 0 Å². The summed E-state index contributed by atoms with van der Waals surface area (Å²) in [5.41, 5.74) is 3.95. The van der Waals surface area contributed by atoms with Crippen LogP contribution in [0.5, 0.6) is 0 Å². The maximum absolute atomic E-state index is 10.9. The van der Waals surface area contributed by atoms with Gasteiger partial charge in [-0.15, -0.1) is 0 Å². The van der Waals surface area contributed by atoms with Crippen LogP contribution in [0.25, 0.3) is 0 Å². The van der Waals surface area contributed by atoms with Gasteiger partial charge in [-0.1, -0.05) is 59.7 Å². The van der Waals surface area contributed by atoms with Crippen molar-refractivity contribution >= 4 is 6.29 Å². The van der Waals surface area contributed by atoms with Crippen LogP contribution in [0.3, 0.4) is 0 Å². The van der Waals surface area contributed by atoms with E-state index in [1.165, 1.54) is 16.7 Å². The largest absolute Gasteiger partial charge is 0.303 e. The van der Waals surface area contributed by atoms with Crippen molar-refractivity contribution in [2.24, 2.45) is 0 Å². The summed E-state index contributed by atoms with van der Waals surface area (Å²) in [5, 5.41) is 0. The predicted octanol–water partition coefficient (Wildman–Crippen LogP) is 4.02. The highest BCUT2D eigenvalue weighted by Crippen LogP contribution is 2.33. The van der Waals surface area contributed by atoms with E-state index < -0.39 is 0 Å². The molecule has 0 bridgehead atoms. The molecule has 0 fully saturated rings. The second-order valence-electron chi connectivity index (χ2n) is 6.70. The van der Waals surface area contributed by atoms with Crippen LogP contribution in [0.4, 0.5) is 0 Å². The molecule has 0 aromatic heterocycles. The molecule has 17 heavy (non-hydrogen) atoms. The van der Waals surface area contributed by atoms with E-state index in [1.54, 1.807) is 0 Å². The zero-order valence-corrected chi connectivity index (χ0v) is 11.9. The Bertz CT molecular complexity index is 370. The number of rotatable bonds is 2. The third kappa shape index (κ3) is 3.18. The Morgan fingerprint density at radius 3 is 1.65 bits per heavy atom. The third-order valence-corrected chi connectivity index (χ3v) is 3.08. The molecule has 0 radical (unpaired) electrons. The Kier molecular flexibility index (Phi) is 3.81. The molecular weight excluding hydrogens is 208 g/mol. The Morgan fingerprint density at radius 2 is 1.35 bits per heavy atom. The first-order valence-corrected chi connectivity index (χ1v) is 6.24. The van der Waals surface area contributed by atoms with Crippen molar-refractivity contribution in [1.29, 1.82) is 0 Å². The highest BCUT2D eigenvalue weighted by Gasteiger charge is 2.24. The Labute approximate surface area is 105 Å². The summed E-state index contributed by atoms with van der Waals surface area (Å²) in [6, 6.07) is 6.40. The van der Waals surface area contributed by atoms with Gasteiger partial charge < -0.3 is 4.79 Å². The van der Waals surface area contributed by atoms with E-state index in [0.29, 0.717) is 6.42 Å². The van der Waals surface area contributed by atoms with Crippen LogP contribution in [0, 0.1) is 0 Å². The monoisotopic (exact) mass is 232 g/mol. The average Bonchev–Trinajstić information content (AvgIpc) is 2.15. The minimum Gasteiger partial charge on any atom is -0.303 e. The standard InChI is InChI=1S/C16H24O/c1-15(2,3)13-8-7-9-14(16(4,5)6)12(13)10-11-17/h7-9,11H,10H2,1-6H3. The Hall–Kier alpha value is -1.11. The summed E-state index contributed by atoms with van der Waals surface area (Å²) >= 11 is 0. The lowest BCUT2D eigenvalue weighted by atomic mass is 9.75. The minimum absolute atomic E-state index is 0.0829. The topological polar surface area (TPSA) is 17.1 Å². The van der Waals surface area contributed by atoms with Crippen molar-refractivity contribution in [2.75, 3.05) is 0 Å². The van der Waals surface area contributed by atoms with E-state index in [4.69, 9.17) is 0 Å². The van der Waals surface area contributed by atoms with E-state index in [2.05, 4.69) is 59.7 Å². The van der Waals surface area contributed by atoms with E-state index in [9.17, 15) is 4.79 Å². The van der Waals surface area contributed by atoms with Crippen molar-refractivity contribution in [3.8, 4) is 0 Å². The minimum atomic E-state index is 0.0829. The van der Waals surface area contributed by atoms with Gasteiger partial charge in [0, 0.05) is 6.42 Å². The molecule has 0 saturated carbocycles. The van der Waals surface area contributed by atoms with Crippen LogP contribution in [0.15, 0.2) is 18.2 Å². The summed E-state index contributed by atoms with van der Waals surface area (Å²) in [4.78, 5) is 10.9. The van der Waals surface area contributed by atoms with Crippen molar-refractivity contribution in [3.05, 3.63) is 34.9 Å². The van der Waals surface area contributed by atoms with Crippen LogP contribution >= 0.6 is 0 Å². The fourth-order valence-electron chi connectivity index (χ4n) is 2.30. The lowest BCUT2D eigenvalue weighted by molar-refractivity contribution is -0.107. The number of hydrogen-bond donors (Lipinski definition) is 0. The van der Waals surface area contributed by atoms with Gasteiger partial charge in [-0.05, 0) is 27.5 Å². The third-order valence-electron chi connectivity index (χ3n) is 3.08. The number of aldehydes is 1. The second-order valence-corrected chi connectivity index (χ2v) is 6.70. The first kappa shape index (κ1) is 14.0. The molecule has 0 heterocycles. The molecule has 0 aliphatic rings. The Balaban J connectivity index is 3.48. The maximum atomic E-state index is 10.9. The number of hydrogen-bond acceptors (Lipinski definition) is 1. The number of carbonyl (C=O) groups is 1. The van der Waals surface area contributed by atoms with Crippen LogP contribution < -0.4 is 0 Å². The molecule has 94 valence electrons. The normalized spacial score (nSPS) is 12.6. The first-order chi connectivity index (χ1) is 7.68. The average molecular weight is 232 g/mol. The van der Waals surface area contributed by atoms with Gasteiger partial charge >= 0.3 is 0 Å². The molecule has 0 amide bonds. The molecule has 0 unspecified atom stereocenters. The summed E-state index contributed by atoms with van der Waals surface area (Å²) in [7, 11) is 0. The molecule has 1 nitrogen and oxygen atoms in total. The second kappa shape index (κ2) is 4.64. The fraction of sp³-hybridized carbons (Fsp3) is 0.562. The van der Waals surface area contributed by atoms with E-state index in [1.807, 2.05) is 0 Å². The van der Waals surface area contributed by atoms with Gasteiger partial charge in [-0.25, -0.2) is 0 Å². The lowest BCUT2D eigenvalue weighted by Crippen LogP contribution is -2.21. The smallest absolute Gasteiger partial charge is 0.124 e. The molecule has 1 heteroatoms. The van der Waals surface area contributed by atoms with Crippen molar-refractivity contribution in [3.63, 3.8) is 0 Å². The molecule has 1 aromatic carbocycles. The van der Waals surface area contributed by atoms with Gasteiger partial charge in [0.2, 0.25) is 0 Å². The zero-order valence-electron chi connectivity index (χ0n) is 11.9. The fourth-order valence-corrected chi connectivity index (χ4v) is 2.30. The summed E-state index contributed by atoms with van der Waals surface area (Å²) in [5.74, 6) is 0. The van der Waals surface area contributed by atoms with Crippen molar-refractivity contribution in [2.45, 2.75) is 58.8 Å². The van der Waals surface area contributed by atoms with Gasteiger partial charge in [0.05, 0.1) is 0 Å². The van der Waals surface area contributed by atoms with Gasteiger partial charge in [-0.3, -0.25) is 0 Å². The predicted molar refractivity (Wildman–Crippen MR) is 73.6 cm³/mol. The van der Waals surface area contributed by atoms with Crippen LogP contribution in [-0.2, 0) is 22.0 Å². The Morgan fingerprint density at radius 1 is 0.941 bits per heavy atom. The number of carbonyl (C=O) groups excluding carboxylic acids is 1. The molecule has 0 N–H and O–H groups in total. The van der Waals surface area contributed by atoms with E-state index >= 15 is 0 Å². The van der Waals surface area contributed by atoms with Crippen LogP contribution in [-0.4, -0.2) is 6.29 Å². The quantitative estimate of drug-likeness (QED) is 0.704. The SMILES string of the molecule is CC(C)(C)c1cccc(C(C)(C)C)c1CC=O. The summed E-state index contributed by atoms with van der Waals surface area (Å²) < 4.78 is 0. The molecule has 0 atom stereocenters. The number of benzene rings is 1. The molecule has 0 spiro atoms. The molecular formula is C16H24O. The highest BCUT2D eigenvalue weighted by atomic mass is 16.1. The molecule has 1 rings (SSSR count). The molecule has 0 aliphatic heterocycles. The highest BCUT2D eigenvalue weighted by molar-refractivity contribution is 5.59. The molecule has 1 aromatic rings. The molecule has 0 aliphatic carbocycles. The van der Waals surface area contributed by atoms with Crippen LogP contribution in [0.2, 0.25) is 0 Å². The zero-order chi connectivity index (χ0) is 13.3. The summed E-state index contributed by atoms with van der Waals surface area (Å²) in [6.45, 7) is 13.2. The van der Waals surface area contributed by atoms with Crippen molar-refractivity contribution in [1.82, 2.24) is 0 Å². The summed E-state index contributed by atoms with van der Waals surface area (Å²) in [6.07, 6.45) is 1.53.